The molecule has 0 saturated heterocycles. The molecule has 0 amide bonds. The van der Waals surface area contributed by atoms with Crippen LogP contribution < -0.4 is 5.23 Å². The van der Waals surface area contributed by atoms with E-state index in [0.717, 1.165) is 17.6 Å². The SMILES string of the molecule is CB(O)NCCOCCOCC[N+](C)(C)C. The molecular weight excluding hydrogens is 207 g/mol. The molecule has 0 aliphatic rings. The molecule has 6 heteroatoms. The molecule has 0 aromatic heterocycles. The maximum atomic E-state index is 8.91. The summed E-state index contributed by atoms with van der Waals surface area (Å²) in [7, 11) is 5.95. The quantitative estimate of drug-likeness (QED) is 0.301. The molecule has 5 nitrogen and oxygen atoms in total. The molecule has 0 unspecified atom stereocenters. The van der Waals surface area contributed by atoms with Crippen LogP contribution in [0.4, 0.5) is 0 Å². The zero-order valence-electron chi connectivity index (χ0n) is 11.0. The van der Waals surface area contributed by atoms with Crippen molar-refractivity contribution in [2.24, 2.45) is 0 Å². The highest BCUT2D eigenvalue weighted by Crippen LogP contribution is 1.89. The van der Waals surface area contributed by atoms with Crippen LogP contribution in [-0.2, 0) is 9.47 Å². The highest BCUT2D eigenvalue weighted by molar-refractivity contribution is 6.45. The molecule has 0 aromatic rings. The summed E-state index contributed by atoms with van der Waals surface area (Å²) in [5, 5.41) is 11.8. The fourth-order valence-corrected chi connectivity index (χ4v) is 1.00. The lowest BCUT2D eigenvalue weighted by molar-refractivity contribution is -0.870. The van der Waals surface area contributed by atoms with Crippen LogP contribution in [0, 0.1) is 0 Å². The van der Waals surface area contributed by atoms with Crippen LogP contribution in [0.2, 0.25) is 6.82 Å². The van der Waals surface area contributed by atoms with E-state index in [1.807, 2.05) is 0 Å². The monoisotopic (exact) mass is 233 g/mol. The molecule has 0 atom stereocenters. The topological polar surface area (TPSA) is 50.7 Å². The zero-order chi connectivity index (χ0) is 12.4. The lowest BCUT2D eigenvalue weighted by Gasteiger charge is -2.23. The standard InChI is InChI=1S/C10H26BN2O3/c1-11(14)12-5-7-15-9-10-16-8-6-13(2,3)4/h12,14H,5-10H2,1-4H3/q+1. The van der Waals surface area contributed by atoms with Gasteiger partial charge < -0.3 is 24.2 Å². The van der Waals surface area contributed by atoms with Gasteiger partial charge in [-0.2, -0.15) is 0 Å². The normalized spacial score (nSPS) is 11.8. The molecule has 16 heavy (non-hydrogen) atoms. The van der Waals surface area contributed by atoms with Crippen molar-refractivity contribution in [1.29, 1.82) is 0 Å². The maximum absolute atomic E-state index is 8.91. The van der Waals surface area contributed by atoms with Crippen molar-refractivity contribution in [2.45, 2.75) is 6.82 Å². The second-order valence-corrected chi connectivity index (χ2v) is 4.87. The predicted octanol–water partition coefficient (Wildman–Crippen LogP) is -0.574. The molecule has 0 bridgehead atoms. The van der Waals surface area contributed by atoms with Crippen molar-refractivity contribution in [1.82, 2.24) is 5.23 Å². The first kappa shape index (κ1) is 15.9. The van der Waals surface area contributed by atoms with E-state index in [2.05, 4.69) is 26.4 Å². The first-order valence-electron chi connectivity index (χ1n) is 5.79. The predicted molar refractivity (Wildman–Crippen MR) is 66.4 cm³/mol. The average molecular weight is 233 g/mol. The number of rotatable bonds is 10. The van der Waals surface area contributed by atoms with Crippen molar-refractivity contribution in [3.63, 3.8) is 0 Å². The molecule has 0 radical (unpaired) electrons. The number of quaternary nitrogens is 1. The van der Waals surface area contributed by atoms with E-state index in [-0.39, 0.29) is 0 Å². The number of hydrogen-bond acceptors (Lipinski definition) is 4. The Morgan fingerprint density at radius 2 is 1.62 bits per heavy atom. The van der Waals surface area contributed by atoms with Gasteiger partial charge in [-0.05, 0) is 6.82 Å². The number of hydrogen-bond donors (Lipinski definition) is 2. The zero-order valence-corrected chi connectivity index (χ0v) is 11.0. The molecule has 0 rings (SSSR count). The second-order valence-electron chi connectivity index (χ2n) is 4.87. The largest absolute Gasteiger partial charge is 0.437 e. The lowest BCUT2D eigenvalue weighted by atomic mass is 9.89. The summed E-state index contributed by atoms with van der Waals surface area (Å²) < 4.78 is 11.7. The van der Waals surface area contributed by atoms with Crippen molar-refractivity contribution in [2.75, 3.05) is 60.7 Å². The van der Waals surface area contributed by atoms with Gasteiger partial charge in [-0.15, -0.1) is 0 Å². The summed E-state index contributed by atoms with van der Waals surface area (Å²) in [6.07, 6.45) is 0. The third kappa shape index (κ3) is 13.9. The van der Waals surface area contributed by atoms with E-state index < -0.39 is 7.05 Å². The van der Waals surface area contributed by atoms with Crippen LogP contribution in [-0.4, -0.2) is 77.2 Å². The molecule has 0 aromatic carbocycles. The third-order valence-corrected chi connectivity index (χ3v) is 1.96. The molecule has 96 valence electrons. The van der Waals surface area contributed by atoms with Gasteiger partial charge in [-0.25, -0.2) is 0 Å². The maximum Gasteiger partial charge on any atom is 0.373 e. The van der Waals surface area contributed by atoms with Crippen LogP contribution in [0.1, 0.15) is 0 Å². The second kappa shape index (κ2) is 8.95. The Labute approximate surface area is 99.4 Å². The minimum Gasteiger partial charge on any atom is -0.437 e. The molecule has 0 fully saturated rings. The van der Waals surface area contributed by atoms with Gasteiger partial charge in [0.05, 0.1) is 47.6 Å². The first-order valence-corrected chi connectivity index (χ1v) is 5.79. The molecular formula is C10H26BN2O3+. The van der Waals surface area contributed by atoms with E-state index in [1.54, 1.807) is 6.82 Å². The Bertz CT molecular complexity index is 163. The van der Waals surface area contributed by atoms with E-state index in [9.17, 15) is 0 Å². The van der Waals surface area contributed by atoms with E-state index >= 15 is 0 Å². The van der Waals surface area contributed by atoms with E-state index in [4.69, 9.17) is 14.5 Å². The van der Waals surface area contributed by atoms with Crippen LogP contribution in [0.25, 0.3) is 0 Å². The number of nitrogens with zero attached hydrogens (tertiary/aromatic N) is 1. The Kier molecular flexibility index (Phi) is 8.88. The minimum atomic E-state index is -0.468. The Balaban J connectivity index is 3.05. The molecule has 0 aliphatic heterocycles. The summed E-state index contributed by atoms with van der Waals surface area (Å²) in [4.78, 5) is 0. The smallest absolute Gasteiger partial charge is 0.373 e. The van der Waals surface area contributed by atoms with Gasteiger partial charge in [-0.3, -0.25) is 0 Å². The lowest BCUT2D eigenvalue weighted by Crippen LogP contribution is -2.37. The van der Waals surface area contributed by atoms with Crippen LogP contribution in [0.15, 0.2) is 0 Å². The number of ether oxygens (including phenoxy) is 2. The fraction of sp³-hybridized carbons (Fsp3) is 1.00. The Hall–Kier alpha value is -0.135. The summed E-state index contributed by atoms with van der Waals surface area (Å²) >= 11 is 0. The molecule has 0 heterocycles. The van der Waals surface area contributed by atoms with Crippen LogP contribution >= 0.6 is 0 Å². The Morgan fingerprint density at radius 1 is 1.06 bits per heavy atom. The number of likely N-dealkylation sites (N-methyl/N-ethyl adjacent to an activating group) is 1. The van der Waals surface area contributed by atoms with Crippen LogP contribution in [0.5, 0.6) is 0 Å². The van der Waals surface area contributed by atoms with Gasteiger partial charge in [0.1, 0.15) is 6.54 Å². The fourth-order valence-electron chi connectivity index (χ4n) is 1.00. The molecule has 0 spiro atoms. The van der Waals surface area contributed by atoms with Gasteiger partial charge in [0.15, 0.2) is 0 Å². The van der Waals surface area contributed by atoms with E-state index in [0.29, 0.717) is 26.4 Å². The third-order valence-electron chi connectivity index (χ3n) is 1.96. The van der Waals surface area contributed by atoms with Crippen LogP contribution in [0.3, 0.4) is 0 Å². The minimum absolute atomic E-state index is 0.468. The van der Waals surface area contributed by atoms with E-state index in [1.165, 1.54) is 0 Å². The summed E-state index contributed by atoms with van der Waals surface area (Å²) in [5.41, 5.74) is 0. The van der Waals surface area contributed by atoms with Gasteiger partial charge in [0.25, 0.3) is 0 Å². The van der Waals surface area contributed by atoms with Crippen molar-refractivity contribution in [3.8, 4) is 0 Å². The van der Waals surface area contributed by atoms with Gasteiger partial charge in [0.2, 0.25) is 0 Å². The highest BCUT2D eigenvalue weighted by atomic mass is 16.5. The molecule has 2 N–H and O–H groups in total. The van der Waals surface area contributed by atoms with Crippen molar-refractivity contribution in [3.05, 3.63) is 0 Å². The summed E-state index contributed by atoms with van der Waals surface area (Å²) in [5.74, 6) is 0. The molecule has 0 saturated carbocycles. The molecule has 0 aliphatic carbocycles. The van der Waals surface area contributed by atoms with Gasteiger partial charge >= 0.3 is 7.05 Å². The summed E-state index contributed by atoms with van der Waals surface area (Å²) in [6.45, 7) is 5.96. The van der Waals surface area contributed by atoms with Crippen molar-refractivity contribution < 1.29 is 19.0 Å². The van der Waals surface area contributed by atoms with Crippen molar-refractivity contribution >= 4 is 7.05 Å². The van der Waals surface area contributed by atoms with Gasteiger partial charge in [-0.1, -0.05) is 0 Å². The highest BCUT2D eigenvalue weighted by Gasteiger charge is 2.05. The van der Waals surface area contributed by atoms with Gasteiger partial charge in [0, 0.05) is 6.54 Å². The Morgan fingerprint density at radius 3 is 2.12 bits per heavy atom. The first-order chi connectivity index (χ1) is 7.42. The average Bonchev–Trinajstić information content (AvgIpc) is 2.13. The number of nitrogens with one attached hydrogen (secondary N) is 1. The summed E-state index contributed by atoms with van der Waals surface area (Å²) in [6, 6.07) is 0.